The van der Waals surface area contributed by atoms with Gasteiger partial charge >= 0.3 is 18.3 Å². The van der Waals surface area contributed by atoms with Crippen LogP contribution in [0.3, 0.4) is 0 Å². The van der Waals surface area contributed by atoms with Gasteiger partial charge in [-0.1, -0.05) is 23.7 Å². The molecule has 1 unspecified atom stereocenters. The molecular weight excluding hydrogens is 506 g/mol. The van der Waals surface area contributed by atoms with Gasteiger partial charge in [-0.25, -0.2) is 18.0 Å². The van der Waals surface area contributed by atoms with Crippen molar-refractivity contribution in [3.8, 4) is 5.75 Å². The summed E-state index contributed by atoms with van der Waals surface area (Å²) in [5.41, 5.74) is -2.28. The highest BCUT2D eigenvalue weighted by Crippen LogP contribution is 2.40. The molecule has 2 aromatic rings. The fraction of sp³-hybridized carbons (Fsp3) is 0.176. The molecule has 0 aliphatic carbocycles. The fourth-order valence-corrected chi connectivity index (χ4v) is 2.37. The first-order valence-electron chi connectivity index (χ1n) is 8.08. The van der Waals surface area contributed by atoms with Crippen LogP contribution >= 0.6 is 11.6 Å². The Morgan fingerprint density at radius 1 is 0.909 bits per heavy atom. The number of amides is 3. The molecule has 0 aliphatic rings. The normalized spacial score (nSPS) is 12.8. The minimum atomic E-state index is -6.26. The zero-order valence-corrected chi connectivity index (χ0v) is 16.0. The van der Waals surface area contributed by atoms with E-state index >= 15 is 0 Å². The summed E-state index contributed by atoms with van der Waals surface area (Å²) in [6.07, 6.45) is -17.4. The van der Waals surface area contributed by atoms with Crippen molar-refractivity contribution in [2.45, 2.75) is 18.5 Å². The molecule has 0 saturated carbocycles. The van der Waals surface area contributed by atoms with Crippen molar-refractivity contribution < 1.29 is 58.2 Å². The van der Waals surface area contributed by atoms with Crippen LogP contribution in [0.2, 0.25) is 5.02 Å². The smallest absolute Gasteiger partial charge is 0.424 e. The average Bonchev–Trinajstić information content (AvgIpc) is 2.72. The Labute approximate surface area is 181 Å². The summed E-state index contributed by atoms with van der Waals surface area (Å²) in [4.78, 5) is 23.7. The Morgan fingerprint density at radius 3 is 1.91 bits per heavy atom. The van der Waals surface area contributed by atoms with Gasteiger partial charge in [0.1, 0.15) is 5.69 Å². The van der Waals surface area contributed by atoms with Crippen molar-refractivity contribution in [2.24, 2.45) is 0 Å². The molecule has 16 heteroatoms. The number of anilines is 1. The molecule has 0 aromatic heterocycles. The highest BCUT2D eigenvalue weighted by Gasteiger charge is 2.60. The lowest BCUT2D eigenvalue weighted by atomic mass is 10.2. The number of benzene rings is 2. The van der Waals surface area contributed by atoms with Crippen LogP contribution in [-0.4, -0.2) is 30.4 Å². The minimum absolute atomic E-state index is 0.162. The molecule has 0 fully saturated rings. The maximum atomic E-state index is 14.0. The van der Waals surface area contributed by atoms with Crippen LogP contribution in [0, 0.1) is 23.3 Å². The SMILES string of the molecule is O=C(NC(=O)c1ccccc1Cl)Nc1c(F)c(F)c(OC(F)(F)C(F)C(F)(F)F)c(F)c1F. The Morgan fingerprint density at radius 2 is 1.42 bits per heavy atom. The first kappa shape index (κ1) is 26.0. The lowest BCUT2D eigenvalue weighted by Crippen LogP contribution is -2.46. The topological polar surface area (TPSA) is 67.4 Å². The zero-order chi connectivity index (χ0) is 25.3. The molecule has 5 nitrogen and oxygen atoms in total. The molecule has 2 aromatic carbocycles. The van der Waals surface area contributed by atoms with E-state index in [1.165, 1.54) is 28.8 Å². The number of imide groups is 1. The van der Waals surface area contributed by atoms with Crippen molar-refractivity contribution in [1.82, 2.24) is 5.32 Å². The third kappa shape index (κ3) is 5.58. The van der Waals surface area contributed by atoms with Crippen LogP contribution in [0.1, 0.15) is 10.4 Å². The second kappa shape index (κ2) is 9.33. The number of alkyl halides is 6. The van der Waals surface area contributed by atoms with Crippen LogP contribution in [0.15, 0.2) is 24.3 Å². The van der Waals surface area contributed by atoms with E-state index in [0.29, 0.717) is 0 Å². The van der Waals surface area contributed by atoms with Crippen molar-refractivity contribution >= 4 is 29.2 Å². The molecule has 2 N–H and O–H groups in total. The first-order valence-corrected chi connectivity index (χ1v) is 8.46. The summed E-state index contributed by atoms with van der Waals surface area (Å²) >= 11 is 5.69. The Balaban J connectivity index is 2.31. The molecule has 0 bridgehead atoms. The number of carbonyl (C=O) groups is 2. The largest absolute Gasteiger partial charge is 0.439 e. The second-order valence-electron chi connectivity index (χ2n) is 5.92. The van der Waals surface area contributed by atoms with E-state index in [9.17, 15) is 53.5 Å². The number of nitrogens with one attached hydrogen (secondary N) is 2. The van der Waals surface area contributed by atoms with Gasteiger partial charge in [-0.2, -0.15) is 30.7 Å². The maximum Gasteiger partial charge on any atom is 0.439 e. The zero-order valence-electron chi connectivity index (χ0n) is 15.3. The number of ether oxygens (including phenoxy) is 1. The van der Waals surface area contributed by atoms with Crippen LogP contribution in [0.25, 0.3) is 0 Å². The van der Waals surface area contributed by atoms with E-state index in [4.69, 9.17) is 11.6 Å². The van der Waals surface area contributed by atoms with Crippen LogP contribution in [0.5, 0.6) is 5.75 Å². The van der Waals surface area contributed by atoms with Gasteiger partial charge in [0.15, 0.2) is 11.6 Å². The molecular formula is C17H7ClF10N2O3. The summed E-state index contributed by atoms with van der Waals surface area (Å²) in [6, 6.07) is 3.29. The van der Waals surface area contributed by atoms with E-state index in [-0.39, 0.29) is 10.6 Å². The molecule has 0 saturated heterocycles. The van der Waals surface area contributed by atoms with Crippen molar-refractivity contribution in [3.63, 3.8) is 0 Å². The van der Waals surface area contributed by atoms with Crippen LogP contribution in [-0.2, 0) is 0 Å². The Kier molecular flexibility index (Phi) is 7.36. The van der Waals surface area contributed by atoms with Gasteiger partial charge in [0, 0.05) is 0 Å². The molecule has 0 aliphatic heterocycles. The van der Waals surface area contributed by atoms with E-state index in [2.05, 4.69) is 4.74 Å². The van der Waals surface area contributed by atoms with Gasteiger partial charge in [-0.05, 0) is 12.1 Å². The van der Waals surface area contributed by atoms with Crippen LogP contribution < -0.4 is 15.4 Å². The summed E-state index contributed by atoms with van der Waals surface area (Å²) in [5.74, 6) is -14.9. The minimum Gasteiger partial charge on any atom is -0.424 e. The molecule has 0 radical (unpaired) electrons. The monoisotopic (exact) mass is 512 g/mol. The number of halogens is 11. The summed E-state index contributed by atoms with van der Waals surface area (Å²) in [6.45, 7) is 0. The maximum absolute atomic E-state index is 14.0. The lowest BCUT2D eigenvalue weighted by Gasteiger charge is -2.24. The van der Waals surface area contributed by atoms with Gasteiger partial charge in [-0.15, -0.1) is 0 Å². The first-order chi connectivity index (χ1) is 15.1. The molecule has 3 amide bonds. The highest BCUT2D eigenvalue weighted by molar-refractivity contribution is 6.34. The standard InChI is InChI=1S/C17H7ClF10N2O3/c18-6-4-2-1-3-5(6)13(31)30-15(32)29-11-7(19)9(21)12(10(22)8(11)20)33-17(27,28)14(23)16(24,25)26/h1-4,14H,(H2,29,30,31,32). The number of rotatable bonds is 5. The molecule has 2 rings (SSSR count). The molecule has 0 heterocycles. The second-order valence-corrected chi connectivity index (χ2v) is 6.32. The third-order valence-corrected chi connectivity index (χ3v) is 3.96. The van der Waals surface area contributed by atoms with Gasteiger partial charge in [0.25, 0.3) is 12.1 Å². The highest BCUT2D eigenvalue weighted by atomic mass is 35.5. The van der Waals surface area contributed by atoms with Crippen LogP contribution in [0.4, 0.5) is 54.4 Å². The van der Waals surface area contributed by atoms with Gasteiger partial charge in [0.05, 0.1) is 10.6 Å². The molecule has 33 heavy (non-hydrogen) atoms. The number of urea groups is 1. The van der Waals surface area contributed by atoms with E-state index < -0.39 is 65.1 Å². The molecule has 0 spiro atoms. The summed E-state index contributed by atoms with van der Waals surface area (Å²) in [7, 11) is 0. The molecule has 1 atom stereocenters. The predicted molar refractivity (Wildman–Crippen MR) is 90.7 cm³/mol. The Hall–Kier alpha value is -3.23. The van der Waals surface area contributed by atoms with Gasteiger partial charge in [0.2, 0.25) is 17.4 Å². The van der Waals surface area contributed by atoms with Gasteiger partial charge in [-0.3, -0.25) is 10.1 Å². The van der Waals surface area contributed by atoms with E-state index in [0.717, 1.165) is 6.07 Å². The van der Waals surface area contributed by atoms with E-state index in [1.807, 2.05) is 0 Å². The summed E-state index contributed by atoms with van der Waals surface area (Å²) < 4.78 is 135. The number of hydrogen-bond acceptors (Lipinski definition) is 3. The van der Waals surface area contributed by atoms with Gasteiger partial charge < -0.3 is 10.1 Å². The number of hydrogen-bond donors (Lipinski definition) is 2. The quantitative estimate of drug-likeness (QED) is 0.397. The number of carbonyl (C=O) groups excluding carboxylic acids is 2. The predicted octanol–water partition coefficient (Wildman–Crippen LogP) is 5.73. The Bertz CT molecular complexity index is 1060. The van der Waals surface area contributed by atoms with Crippen molar-refractivity contribution in [1.29, 1.82) is 0 Å². The van der Waals surface area contributed by atoms with Crippen molar-refractivity contribution in [2.75, 3.05) is 5.32 Å². The average molecular weight is 513 g/mol. The third-order valence-electron chi connectivity index (χ3n) is 3.63. The fourth-order valence-electron chi connectivity index (χ4n) is 2.15. The summed E-state index contributed by atoms with van der Waals surface area (Å²) in [5, 5.41) is 2.50. The lowest BCUT2D eigenvalue weighted by molar-refractivity contribution is -0.306. The van der Waals surface area contributed by atoms with Crippen molar-refractivity contribution in [3.05, 3.63) is 58.1 Å². The molecule has 180 valence electrons. The van der Waals surface area contributed by atoms with E-state index in [1.54, 1.807) is 0 Å².